The number of rotatable bonds is 25. The largest absolute Gasteiger partial charge is 0.453 e. The van der Waals surface area contributed by atoms with Gasteiger partial charge in [-0.25, -0.2) is 24.3 Å². The topological polar surface area (TPSA) is 173 Å². The average Bonchev–Trinajstić information content (AvgIpc) is 1.67. The third-order valence-corrected chi connectivity index (χ3v) is 24.3. The summed E-state index contributed by atoms with van der Waals surface area (Å²) in [5, 5.41) is 13.4. The second kappa shape index (κ2) is 36.5. The van der Waals surface area contributed by atoms with E-state index in [2.05, 4.69) is 142 Å². The van der Waals surface area contributed by atoms with Gasteiger partial charge in [0.15, 0.2) is 17.5 Å². The Morgan fingerprint density at radius 1 is 0.394 bits per heavy atom. The van der Waals surface area contributed by atoms with E-state index in [4.69, 9.17) is 9.47 Å². The first-order valence-corrected chi connectivity index (χ1v) is 45.3. The van der Waals surface area contributed by atoms with Crippen molar-refractivity contribution in [3.63, 3.8) is 0 Å². The van der Waals surface area contributed by atoms with Crippen LogP contribution in [0.3, 0.4) is 0 Å². The Labute approximate surface area is 634 Å². The van der Waals surface area contributed by atoms with Gasteiger partial charge in [0.2, 0.25) is 11.6 Å². The molecule has 3 aliphatic carbocycles. The van der Waals surface area contributed by atoms with E-state index in [-0.39, 0.29) is 48.3 Å². The lowest BCUT2D eigenvalue weighted by molar-refractivity contribution is -0.150. The number of halogens is 9. The van der Waals surface area contributed by atoms with E-state index in [0.717, 1.165) is 127 Å². The van der Waals surface area contributed by atoms with Crippen molar-refractivity contribution in [1.29, 1.82) is 0 Å². The molecule has 6 aromatic carbocycles. The molecule has 3 fully saturated rings. The van der Waals surface area contributed by atoms with Gasteiger partial charge in [-0.3, -0.25) is 5.10 Å². The normalized spacial score (nSPS) is 18.6. The van der Waals surface area contributed by atoms with Crippen LogP contribution >= 0.6 is 0 Å². The van der Waals surface area contributed by atoms with Crippen LogP contribution in [0, 0.1) is 17.8 Å². The minimum Gasteiger partial charge on any atom is -0.359 e. The number of benzene rings is 6. The Hall–Kier alpha value is -8.53. The van der Waals surface area contributed by atoms with Gasteiger partial charge in [0.25, 0.3) is 5.82 Å². The van der Waals surface area contributed by atoms with Gasteiger partial charge in [0.1, 0.15) is 30.8 Å². The molecule has 14 nitrogen and oxygen atoms in total. The smallest absolute Gasteiger partial charge is 0.359 e. The number of alkyl halides is 9. The predicted octanol–water partition coefficient (Wildman–Crippen LogP) is 22.8. The molecule has 3 saturated carbocycles. The monoisotopic (exact) mass is 1540 g/mol. The van der Waals surface area contributed by atoms with Gasteiger partial charge in [-0.1, -0.05) is 185 Å². The molecule has 0 aliphatic heterocycles. The van der Waals surface area contributed by atoms with Crippen LogP contribution < -0.4 is 0 Å². The van der Waals surface area contributed by atoms with Gasteiger partial charge in [-0.15, -0.1) is 10.2 Å². The summed E-state index contributed by atoms with van der Waals surface area (Å²) in [7, 11) is -2.67. The lowest BCUT2D eigenvalue weighted by Gasteiger charge is -2.28. The molecule has 0 amide bonds. The van der Waals surface area contributed by atoms with Crippen molar-refractivity contribution < 1.29 is 63.4 Å². The van der Waals surface area contributed by atoms with Crippen molar-refractivity contribution in [3.8, 4) is 67.5 Å². The molecule has 3 heterocycles. The molecule has 3 aliphatic rings. The van der Waals surface area contributed by atoms with Crippen molar-refractivity contribution >= 4 is 33.5 Å². The summed E-state index contributed by atoms with van der Waals surface area (Å²) in [5.74, 6) is 0.850. The molecule has 582 valence electrons. The Morgan fingerprint density at radius 3 is 1.03 bits per heavy atom. The molecule has 3 aromatic heterocycles. The van der Waals surface area contributed by atoms with Gasteiger partial charge in [-0.05, 0) is 195 Å². The van der Waals surface area contributed by atoms with Crippen molar-refractivity contribution in [3.05, 3.63) is 180 Å². The molecule has 0 bridgehead atoms. The van der Waals surface area contributed by atoms with E-state index in [9.17, 15) is 53.9 Å². The van der Waals surface area contributed by atoms with Gasteiger partial charge < -0.3 is 23.9 Å². The lowest BCUT2D eigenvalue weighted by atomic mass is 9.77. The van der Waals surface area contributed by atoms with Gasteiger partial charge >= 0.3 is 18.5 Å². The Bertz CT molecular complexity index is 4410. The highest BCUT2D eigenvalue weighted by atomic mass is 28.3. The number of nitrogens with one attached hydrogen (secondary N) is 1. The first-order chi connectivity index (χ1) is 51.6. The summed E-state index contributed by atoms with van der Waals surface area (Å²) < 4.78 is 132. The standard InChI is InChI=1S/2C30H38F3N3O2Si.C24H24F3N3O/c1-21(37)19-22-5-7-23(8-6-22)24-9-11-25(12-10-24)26-13-15-27(16-14-26)28-34-29(30(31,32)33)35-36(28)20-38-17-18-39(2,3)4;1-21(37)19-22-5-7-23(8-6-22)24-9-11-25(12-10-24)26-13-15-27(16-14-26)28-34-29(30(31,32)33)36(35-28)20-38-17-18-39(2,3)4;1-15(31)14-16-2-4-17(5-3-16)18-6-8-19(9-7-18)20-10-12-21(13-11-20)22-28-23(30-29-22)24(25,26)27/h2*9-16,22-23H,5-8,17-20H2,1-4H3;6-13,16-17H,2-5,14H2,1H3,(H,28,29,30). The minimum atomic E-state index is -4.63. The number of ketones is 3. The zero-order valence-corrected chi connectivity index (χ0v) is 65.7. The zero-order chi connectivity index (χ0) is 78.4. The van der Waals surface area contributed by atoms with Crippen LogP contribution in [0.5, 0.6) is 0 Å². The van der Waals surface area contributed by atoms with Gasteiger partial charge in [0.05, 0.1) is 0 Å². The van der Waals surface area contributed by atoms with Gasteiger partial charge in [0, 0.05) is 65.3 Å². The van der Waals surface area contributed by atoms with Crippen LogP contribution in [0.4, 0.5) is 39.5 Å². The van der Waals surface area contributed by atoms with E-state index in [1.54, 1.807) is 57.2 Å². The number of nitrogens with zero attached hydrogens (tertiary/aromatic N) is 8. The van der Waals surface area contributed by atoms with E-state index in [0.29, 0.717) is 84.7 Å². The van der Waals surface area contributed by atoms with Crippen LogP contribution in [0.1, 0.15) is 169 Å². The van der Waals surface area contributed by atoms with Crippen LogP contribution in [0.2, 0.25) is 51.4 Å². The number of hydrogen-bond acceptors (Lipinski definition) is 11. The van der Waals surface area contributed by atoms with Gasteiger partial charge in [-0.2, -0.15) is 44.6 Å². The maximum atomic E-state index is 13.6. The van der Waals surface area contributed by atoms with E-state index < -0.39 is 52.1 Å². The summed E-state index contributed by atoms with van der Waals surface area (Å²) in [6.07, 6.45) is 1.53. The number of hydrogen-bond donors (Lipinski definition) is 1. The fraction of sp³-hybridized carbons (Fsp3) is 0.464. The van der Waals surface area contributed by atoms with Crippen LogP contribution in [0.15, 0.2) is 146 Å². The minimum absolute atomic E-state index is 0.0228. The maximum absolute atomic E-state index is 13.6. The lowest BCUT2D eigenvalue weighted by Crippen LogP contribution is -2.23. The second-order valence-corrected chi connectivity index (χ2v) is 43.4. The quantitative estimate of drug-likeness (QED) is 0.0328. The van der Waals surface area contributed by atoms with Crippen LogP contribution in [0.25, 0.3) is 67.5 Å². The third-order valence-electron chi connectivity index (χ3n) is 20.9. The molecular weight excluding hydrogens is 1440 g/mol. The number of carbonyl (C=O) groups excluding carboxylic acids is 3. The zero-order valence-electron chi connectivity index (χ0n) is 63.7. The summed E-state index contributed by atoms with van der Waals surface area (Å²) in [6.45, 7) is 18.7. The van der Waals surface area contributed by atoms with E-state index >= 15 is 0 Å². The number of aromatic amines is 1. The number of aromatic nitrogens is 9. The summed E-state index contributed by atoms with van der Waals surface area (Å²) in [5.41, 5.74) is 11.6. The van der Waals surface area contributed by atoms with Crippen molar-refractivity contribution in [2.75, 3.05) is 13.2 Å². The summed E-state index contributed by atoms with van der Waals surface area (Å²) in [6, 6.07) is 49.1. The highest BCUT2D eigenvalue weighted by Gasteiger charge is 2.40. The molecule has 109 heavy (non-hydrogen) atoms. The van der Waals surface area contributed by atoms with Crippen molar-refractivity contribution in [2.45, 2.75) is 218 Å². The molecule has 0 atom stereocenters. The third kappa shape index (κ3) is 24.5. The fourth-order valence-corrected chi connectivity index (χ4v) is 16.2. The first-order valence-electron chi connectivity index (χ1n) is 37.9. The number of H-pyrrole nitrogens is 1. The number of ether oxygens (including phenoxy) is 2. The first kappa shape index (κ1) is 83.0. The molecular formula is C84H100F9N9O5Si2. The molecule has 12 rings (SSSR count). The molecule has 9 aromatic rings. The molecule has 0 saturated heterocycles. The maximum Gasteiger partial charge on any atom is 0.453 e. The van der Waals surface area contributed by atoms with Crippen LogP contribution in [-0.2, 0) is 55.8 Å². The number of carbonyl (C=O) groups is 3. The molecule has 0 spiro atoms. The number of Topliss-reactive ketones (excluding diaryl/α,β-unsaturated/α-hetero) is 3. The Morgan fingerprint density at radius 2 is 0.716 bits per heavy atom. The van der Waals surface area contributed by atoms with E-state index in [1.165, 1.54) is 21.4 Å². The second-order valence-electron chi connectivity index (χ2n) is 32.2. The van der Waals surface area contributed by atoms with Crippen molar-refractivity contribution in [1.82, 2.24) is 44.7 Å². The molecule has 1 N–H and O–H groups in total. The molecule has 25 heteroatoms. The molecule has 0 unspecified atom stereocenters. The predicted molar refractivity (Wildman–Crippen MR) is 412 cm³/mol. The summed E-state index contributed by atoms with van der Waals surface area (Å²) in [4.78, 5) is 45.3. The Kier molecular flexibility index (Phi) is 27.8. The average molecular weight is 1540 g/mol. The SMILES string of the molecule is CC(=O)CC1CCC(c2ccc(-c3ccc(-c4n[nH]c(C(F)(F)F)n4)cc3)cc2)CC1.CC(=O)CC1CCC(c2ccc(-c3ccc(-c4nc(C(F)(F)F)n(COCC[Si](C)(C)C)n4)cc3)cc2)CC1.CC(=O)CC1CCC(c2ccc(-c3ccc(-c4nc(C(F)(F)F)nn4COCC[Si](C)(C)C)cc3)cc2)CC1. The van der Waals surface area contributed by atoms with Crippen molar-refractivity contribution in [2.24, 2.45) is 17.8 Å². The highest BCUT2D eigenvalue weighted by Crippen LogP contribution is 2.42. The van der Waals surface area contributed by atoms with Crippen LogP contribution in [-0.4, -0.2) is 91.4 Å². The van der Waals surface area contributed by atoms with E-state index in [1.807, 2.05) is 41.5 Å². The fourth-order valence-electron chi connectivity index (χ4n) is 14.7. The summed E-state index contributed by atoms with van der Waals surface area (Å²) >= 11 is 0. The Balaban J connectivity index is 0.000000175. The molecule has 0 radical (unpaired) electrons. The highest BCUT2D eigenvalue weighted by molar-refractivity contribution is 6.76.